The minimum Gasteiger partial charge on any atom is -0.476 e. The topological polar surface area (TPSA) is 63.4 Å². The van der Waals surface area contributed by atoms with Crippen molar-refractivity contribution in [1.82, 2.24) is 10.3 Å². The number of anilines is 2. The third-order valence-corrected chi connectivity index (χ3v) is 2.94. The van der Waals surface area contributed by atoms with E-state index in [4.69, 9.17) is 10.5 Å². The van der Waals surface area contributed by atoms with Crippen molar-refractivity contribution < 1.29 is 4.74 Å². The molecule has 1 aromatic rings. The largest absolute Gasteiger partial charge is 0.476 e. The Labute approximate surface area is 150 Å². The summed E-state index contributed by atoms with van der Waals surface area (Å²) in [6, 6.07) is 3.90. The van der Waals surface area contributed by atoms with E-state index in [1.807, 2.05) is 39.8 Å². The van der Waals surface area contributed by atoms with Crippen molar-refractivity contribution in [3.05, 3.63) is 12.1 Å². The second-order valence-electron chi connectivity index (χ2n) is 4.78. The Kier molecular flexibility index (Phi) is 18.4. The number of nitrogens with one attached hydrogen (secondary N) is 1. The Morgan fingerprint density at radius 2 is 1.62 bits per heavy atom. The molecular weight excluding hydrogens is 300 g/mol. The van der Waals surface area contributed by atoms with Crippen molar-refractivity contribution in [2.75, 3.05) is 43.4 Å². The zero-order valence-corrected chi connectivity index (χ0v) is 17.0. The highest BCUT2D eigenvalue weighted by molar-refractivity contribution is 5.55. The smallest absolute Gasteiger partial charge is 0.217 e. The van der Waals surface area contributed by atoms with E-state index in [2.05, 4.69) is 36.0 Å². The fraction of sp³-hybridized carbons (Fsp3) is 0.737. The van der Waals surface area contributed by atoms with Crippen LogP contribution in [0.1, 0.15) is 61.3 Å². The van der Waals surface area contributed by atoms with Crippen molar-refractivity contribution in [2.24, 2.45) is 0 Å². The molecule has 1 heterocycles. The van der Waals surface area contributed by atoms with Crippen LogP contribution in [0.2, 0.25) is 0 Å². The standard InChI is InChI=1S/C15H28N4O.2C2H6/c1-4-8-19(9-5-2)13-11-14(16)18-15(12-13)20-10-7-17-6-3;2*1-2/h11-12,17H,4-10H2,1-3H3,(H2,16,18);2*1-2H3. The van der Waals surface area contributed by atoms with E-state index in [0.29, 0.717) is 18.3 Å². The van der Waals surface area contributed by atoms with Gasteiger partial charge in [-0.2, -0.15) is 4.98 Å². The Hall–Kier alpha value is -1.49. The Morgan fingerprint density at radius 3 is 2.12 bits per heavy atom. The third kappa shape index (κ3) is 11.1. The van der Waals surface area contributed by atoms with Gasteiger partial charge in [-0.3, -0.25) is 0 Å². The van der Waals surface area contributed by atoms with Crippen LogP contribution in [-0.4, -0.2) is 37.8 Å². The lowest BCUT2D eigenvalue weighted by Gasteiger charge is -2.24. The van der Waals surface area contributed by atoms with Crippen LogP contribution in [0.4, 0.5) is 11.5 Å². The summed E-state index contributed by atoms with van der Waals surface area (Å²) in [6.45, 7) is 18.8. The molecule has 24 heavy (non-hydrogen) atoms. The normalized spacial score (nSPS) is 9.29. The van der Waals surface area contributed by atoms with Crippen LogP contribution >= 0.6 is 0 Å². The van der Waals surface area contributed by atoms with Crippen molar-refractivity contribution >= 4 is 11.5 Å². The summed E-state index contributed by atoms with van der Waals surface area (Å²) in [5.41, 5.74) is 6.98. The van der Waals surface area contributed by atoms with Crippen LogP contribution < -0.4 is 20.7 Å². The molecule has 0 bridgehead atoms. The molecule has 0 amide bonds. The highest BCUT2D eigenvalue weighted by atomic mass is 16.5. The number of hydrogen-bond donors (Lipinski definition) is 2. The fourth-order valence-corrected chi connectivity index (χ4v) is 2.08. The van der Waals surface area contributed by atoms with E-state index in [1.165, 1.54) is 0 Å². The molecule has 0 aliphatic carbocycles. The molecule has 5 heteroatoms. The zero-order chi connectivity index (χ0) is 18.8. The maximum absolute atomic E-state index is 5.89. The molecule has 0 aliphatic rings. The van der Waals surface area contributed by atoms with Crippen LogP contribution in [-0.2, 0) is 0 Å². The first-order valence-corrected chi connectivity index (χ1v) is 9.57. The van der Waals surface area contributed by atoms with E-state index in [1.54, 1.807) is 0 Å². The molecule has 142 valence electrons. The molecule has 0 spiro atoms. The Bertz CT molecular complexity index is 380. The summed E-state index contributed by atoms with van der Waals surface area (Å²) in [7, 11) is 0. The number of ether oxygens (including phenoxy) is 1. The number of hydrogen-bond acceptors (Lipinski definition) is 5. The first-order valence-electron chi connectivity index (χ1n) is 9.57. The highest BCUT2D eigenvalue weighted by Crippen LogP contribution is 2.23. The molecule has 1 rings (SSSR count). The lowest BCUT2D eigenvalue weighted by Crippen LogP contribution is -2.25. The lowest BCUT2D eigenvalue weighted by atomic mass is 10.3. The molecule has 0 aromatic carbocycles. The van der Waals surface area contributed by atoms with Gasteiger partial charge < -0.3 is 20.7 Å². The second kappa shape index (κ2) is 17.9. The van der Waals surface area contributed by atoms with Gasteiger partial charge in [0.15, 0.2) is 0 Å². The van der Waals surface area contributed by atoms with Gasteiger partial charge in [0.05, 0.1) is 0 Å². The molecule has 0 saturated heterocycles. The average Bonchev–Trinajstić information content (AvgIpc) is 2.61. The molecule has 0 unspecified atom stereocenters. The van der Waals surface area contributed by atoms with E-state index in [0.717, 1.165) is 44.7 Å². The van der Waals surface area contributed by atoms with Gasteiger partial charge >= 0.3 is 0 Å². The molecule has 0 atom stereocenters. The van der Waals surface area contributed by atoms with Gasteiger partial charge in [-0.05, 0) is 19.4 Å². The van der Waals surface area contributed by atoms with E-state index < -0.39 is 0 Å². The minimum atomic E-state index is 0.512. The van der Waals surface area contributed by atoms with E-state index in [9.17, 15) is 0 Å². The number of nitrogens with zero attached hydrogens (tertiary/aromatic N) is 2. The number of nitrogen functional groups attached to an aromatic ring is 1. The van der Waals surface area contributed by atoms with E-state index in [-0.39, 0.29) is 0 Å². The summed E-state index contributed by atoms with van der Waals surface area (Å²) in [5.74, 6) is 1.12. The number of aromatic nitrogens is 1. The predicted octanol–water partition coefficient (Wildman–Crippen LogP) is 4.33. The second-order valence-corrected chi connectivity index (χ2v) is 4.78. The van der Waals surface area contributed by atoms with Gasteiger partial charge in [0.2, 0.25) is 5.88 Å². The summed E-state index contributed by atoms with van der Waals surface area (Å²) in [6.07, 6.45) is 2.22. The third-order valence-electron chi connectivity index (χ3n) is 2.94. The molecule has 1 aromatic heterocycles. The molecule has 0 fully saturated rings. The van der Waals surface area contributed by atoms with Crippen molar-refractivity contribution in [3.63, 3.8) is 0 Å². The number of pyridine rings is 1. The maximum atomic E-state index is 5.89. The Morgan fingerprint density at radius 1 is 1.04 bits per heavy atom. The molecular formula is C19H40N4O. The molecule has 0 radical (unpaired) electrons. The molecule has 0 aliphatic heterocycles. The molecule has 0 saturated carbocycles. The van der Waals surface area contributed by atoms with Crippen LogP contribution in [0.5, 0.6) is 5.88 Å². The maximum Gasteiger partial charge on any atom is 0.217 e. The summed E-state index contributed by atoms with van der Waals surface area (Å²) < 4.78 is 5.66. The van der Waals surface area contributed by atoms with Crippen LogP contribution in [0, 0.1) is 0 Å². The van der Waals surface area contributed by atoms with Gasteiger partial charge in [0.25, 0.3) is 0 Å². The average molecular weight is 341 g/mol. The first-order chi connectivity index (χ1) is 11.7. The lowest BCUT2D eigenvalue weighted by molar-refractivity contribution is 0.304. The first kappa shape index (κ1) is 24.8. The van der Waals surface area contributed by atoms with Crippen molar-refractivity contribution in [1.29, 1.82) is 0 Å². The van der Waals surface area contributed by atoms with E-state index >= 15 is 0 Å². The number of rotatable bonds is 10. The van der Waals surface area contributed by atoms with Crippen LogP contribution in [0.15, 0.2) is 12.1 Å². The predicted molar refractivity (Wildman–Crippen MR) is 108 cm³/mol. The molecule has 5 nitrogen and oxygen atoms in total. The van der Waals surface area contributed by atoms with Gasteiger partial charge in [-0.25, -0.2) is 0 Å². The van der Waals surface area contributed by atoms with Gasteiger partial charge in [0, 0.05) is 37.5 Å². The van der Waals surface area contributed by atoms with Crippen LogP contribution in [0.3, 0.4) is 0 Å². The van der Waals surface area contributed by atoms with Crippen molar-refractivity contribution in [3.8, 4) is 5.88 Å². The van der Waals surface area contributed by atoms with Gasteiger partial charge in [0.1, 0.15) is 12.4 Å². The summed E-state index contributed by atoms with van der Waals surface area (Å²) in [5, 5.41) is 3.22. The molecule has 3 N–H and O–H groups in total. The Balaban J connectivity index is 0. The fourth-order valence-electron chi connectivity index (χ4n) is 2.08. The minimum absolute atomic E-state index is 0.512. The number of nitrogens with two attached hydrogens (primary N) is 1. The van der Waals surface area contributed by atoms with Crippen LogP contribution in [0.25, 0.3) is 0 Å². The summed E-state index contributed by atoms with van der Waals surface area (Å²) >= 11 is 0. The zero-order valence-electron chi connectivity index (χ0n) is 17.0. The number of likely N-dealkylation sites (N-methyl/N-ethyl adjacent to an activating group) is 1. The monoisotopic (exact) mass is 340 g/mol. The summed E-state index contributed by atoms with van der Waals surface area (Å²) in [4.78, 5) is 6.56. The van der Waals surface area contributed by atoms with Gasteiger partial charge in [-0.15, -0.1) is 0 Å². The SMILES string of the molecule is CC.CC.CCCN(CCC)c1cc(N)nc(OCCNCC)c1. The highest BCUT2D eigenvalue weighted by Gasteiger charge is 2.08. The quantitative estimate of drug-likeness (QED) is 0.621. The van der Waals surface area contributed by atoms with Gasteiger partial charge in [-0.1, -0.05) is 48.5 Å². The van der Waals surface area contributed by atoms with Crippen molar-refractivity contribution in [2.45, 2.75) is 61.3 Å².